The highest BCUT2D eigenvalue weighted by molar-refractivity contribution is 4.84. The minimum atomic E-state index is -0.155. The molecular weight excluding hydrogens is 156 g/mol. The van der Waals surface area contributed by atoms with E-state index >= 15 is 0 Å². The molecule has 1 saturated heterocycles. The maximum atomic E-state index is 5.66. The Morgan fingerprint density at radius 2 is 1.92 bits per heavy atom. The standard InChI is InChI=1S/C8H18N2O2/c9-3-6-12-8(7-10)1-4-11-5-2-8/h1-7,9-10H2. The van der Waals surface area contributed by atoms with Gasteiger partial charge in [-0.25, -0.2) is 0 Å². The van der Waals surface area contributed by atoms with Crippen LogP contribution in [0, 0.1) is 0 Å². The van der Waals surface area contributed by atoms with E-state index in [9.17, 15) is 0 Å². The molecule has 1 rings (SSSR count). The smallest absolute Gasteiger partial charge is 0.0848 e. The number of hydrogen-bond acceptors (Lipinski definition) is 4. The lowest BCUT2D eigenvalue weighted by Crippen LogP contribution is -2.46. The molecule has 0 aromatic carbocycles. The van der Waals surface area contributed by atoms with Gasteiger partial charge >= 0.3 is 0 Å². The number of hydrogen-bond donors (Lipinski definition) is 2. The maximum Gasteiger partial charge on any atom is 0.0848 e. The molecule has 0 atom stereocenters. The molecule has 4 N–H and O–H groups in total. The molecule has 0 aliphatic carbocycles. The SMILES string of the molecule is NCCOC1(CN)CCOCC1. The zero-order valence-corrected chi connectivity index (χ0v) is 7.42. The summed E-state index contributed by atoms with van der Waals surface area (Å²) in [5.41, 5.74) is 10.9. The molecule has 4 heteroatoms. The van der Waals surface area contributed by atoms with E-state index in [1.54, 1.807) is 0 Å². The first-order valence-electron chi connectivity index (χ1n) is 4.45. The molecule has 72 valence electrons. The molecule has 0 bridgehead atoms. The first-order valence-corrected chi connectivity index (χ1v) is 4.45. The van der Waals surface area contributed by atoms with Gasteiger partial charge in [-0.15, -0.1) is 0 Å². The van der Waals surface area contributed by atoms with E-state index in [0.717, 1.165) is 26.1 Å². The second-order valence-corrected chi connectivity index (χ2v) is 3.14. The van der Waals surface area contributed by atoms with Gasteiger partial charge in [0.25, 0.3) is 0 Å². The van der Waals surface area contributed by atoms with Gasteiger partial charge in [-0.3, -0.25) is 0 Å². The van der Waals surface area contributed by atoms with E-state index in [2.05, 4.69) is 0 Å². The van der Waals surface area contributed by atoms with Crippen LogP contribution in [-0.2, 0) is 9.47 Å². The zero-order valence-electron chi connectivity index (χ0n) is 7.42. The van der Waals surface area contributed by atoms with E-state index < -0.39 is 0 Å². The Morgan fingerprint density at radius 1 is 1.25 bits per heavy atom. The van der Waals surface area contributed by atoms with Crippen LogP contribution in [0.2, 0.25) is 0 Å². The molecular formula is C8H18N2O2. The second-order valence-electron chi connectivity index (χ2n) is 3.14. The van der Waals surface area contributed by atoms with Gasteiger partial charge in [-0.05, 0) is 0 Å². The van der Waals surface area contributed by atoms with E-state index in [1.807, 2.05) is 0 Å². The first-order chi connectivity index (χ1) is 5.83. The fourth-order valence-corrected chi connectivity index (χ4v) is 1.43. The average molecular weight is 174 g/mol. The molecule has 0 radical (unpaired) electrons. The van der Waals surface area contributed by atoms with E-state index in [0.29, 0.717) is 19.7 Å². The summed E-state index contributed by atoms with van der Waals surface area (Å²) in [4.78, 5) is 0. The van der Waals surface area contributed by atoms with Crippen LogP contribution < -0.4 is 11.5 Å². The van der Waals surface area contributed by atoms with Gasteiger partial charge in [-0.1, -0.05) is 0 Å². The minimum absolute atomic E-state index is 0.155. The van der Waals surface area contributed by atoms with Crippen LogP contribution in [0.15, 0.2) is 0 Å². The Kier molecular flexibility index (Phi) is 3.94. The zero-order chi connectivity index (χ0) is 8.86. The molecule has 0 saturated carbocycles. The highest BCUT2D eigenvalue weighted by Crippen LogP contribution is 2.23. The van der Waals surface area contributed by atoms with Crippen molar-refractivity contribution in [1.82, 2.24) is 0 Å². The summed E-state index contributed by atoms with van der Waals surface area (Å²) in [7, 11) is 0. The summed E-state index contributed by atoms with van der Waals surface area (Å²) in [6, 6.07) is 0. The van der Waals surface area contributed by atoms with Crippen LogP contribution in [0.3, 0.4) is 0 Å². The monoisotopic (exact) mass is 174 g/mol. The number of rotatable bonds is 4. The molecule has 0 unspecified atom stereocenters. The van der Waals surface area contributed by atoms with Gasteiger partial charge in [0.1, 0.15) is 0 Å². The molecule has 0 amide bonds. The average Bonchev–Trinajstić information content (AvgIpc) is 2.16. The molecule has 1 heterocycles. The Bertz CT molecular complexity index is 124. The van der Waals surface area contributed by atoms with Crippen molar-refractivity contribution >= 4 is 0 Å². The Morgan fingerprint density at radius 3 is 2.42 bits per heavy atom. The highest BCUT2D eigenvalue weighted by Gasteiger charge is 2.31. The highest BCUT2D eigenvalue weighted by atomic mass is 16.5. The lowest BCUT2D eigenvalue weighted by Gasteiger charge is -2.35. The normalized spacial score (nSPS) is 22.5. The molecule has 0 aromatic rings. The summed E-state index contributed by atoms with van der Waals surface area (Å²) in [5, 5.41) is 0. The predicted molar refractivity (Wildman–Crippen MR) is 46.8 cm³/mol. The van der Waals surface area contributed by atoms with Crippen LogP contribution in [0.4, 0.5) is 0 Å². The minimum Gasteiger partial charge on any atom is -0.381 e. The van der Waals surface area contributed by atoms with Crippen molar-refractivity contribution in [1.29, 1.82) is 0 Å². The van der Waals surface area contributed by atoms with Gasteiger partial charge < -0.3 is 20.9 Å². The van der Waals surface area contributed by atoms with Gasteiger partial charge in [-0.2, -0.15) is 0 Å². The van der Waals surface area contributed by atoms with Crippen molar-refractivity contribution in [3.05, 3.63) is 0 Å². The Hall–Kier alpha value is -0.160. The third kappa shape index (κ3) is 2.42. The van der Waals surface area contributed by atoms with Crippen LogP contribution in [-0.4, -0.2) is 38.5 Å². The van der Waals surface area contributed by atoms with Crippen molar-refractivity contribution < 1.29 is 9.47 Å². The van der Waals surface area contributed by atoms with Gasteiger partial charge in [0.15, 0.2) is 0 Å². The fraction of sp³-hybridized carbons (Fsp3) is 1.00. The van der Waals surface area contributed by atoms with Crippen molar-refractivity contribution in [3.8, 4) is 0 Å². The van der Waals surface area contributed by atoms with E-state index in [-0.39, 0.29) is 5.60 Å². The van der Waals surface area contributed by atoms with Crippen molar-refractivity contribution in [2.75, 3.05) is 32.9 Å². The van der Waals surface area contributed by atoms with Crippen LogP contribution >= 0.6 is 0 Å². The van der Waals surface area contributed by atoms with Crippen LogP contribution in [0.1, 0.15) is 12.8 Å². The topological polar surface area (TPSA) is 70.5 Å². The van der Waals surface area contributed by atoms with Crippen LogP contribution in [0.25, 0.3) is 0 Å². The molecule has 0 spiro atoms. The summed E-state index contributed by atoms with van der Waals surface area (Å²) in [6.45, 7) is 3.22. The summed E-state index contributed by atoms with van der Waals surface area (Å²) in [5.74, 6) is 0. The van der Waals surface area contributed by atoms with Crippen molar-refractivity contribution in [3.63, 3.8) is 0 Å². The fourth-order valence-electron chi connectivity index (χ4n) is 1.43. The van der Waals surface area contributed by atoms with Crippen molar-refractivity contribution in [2.45, 2.75) is 18.4 Å². The lowest BCUT2D eigenvalue weighted by molar-refractivity contribution is -0.102. The largest absolute Gasteiger partial charge is 0.381 e. The number of nitrogens with two attached hydrogens (primary N) is 2. The summed E-state index contributed by atoms with van der Waals surface area (Å²) in [6.07, 6.45) is 1.78. The van der Waals surface area contributed by atoms with Gasteiger partial charge in [0, 0.05) is 39.1 Å². The molecule has 4 nitrogen and oxygen atoms in total. The molecule has 1 aliphatic heterocycles. The van der Waals surface area contributed by atoms with Crippen LogP contribution in [0.5, 0.6) is 0 Å². The molecule has 12 heavy (non-hydrogen) atoms. The Balaban J connectivity index is 2.37. The van der Waals surface area contributed by atoms with Gasteiger partial charge in [0.05, 0.1) is 12.2 Å². The molecule has 0 aromatic heterocycles. The summed E-state index contributed by atoms with van der Waals surface area (Å²) < 4.78 is 10.9. The molecule has 1 aliphatic rings. The quantitative estimate of drug-likeness (QED) is 0.601. The third-order valence-electron chi connectivity index (χ3n) is 2.30. The predicted octanol–water partition coefficient (Wildman–Crippen LogP) is -0.530. The summed E-state index contributed by atoms with van der Waals surface area (Å²) >= 11 is 0. The third-order valence-corrected chi connectivity index (χ3v) is 2.30. The van der Waals surface area contributed by atoms with E-state index in [1.165, 1.54) is 0 Å². The number of ether oxygens (including phenoxy) is 2. The van der Waals surface area contributed by atoms with Crippen molar-refractivity contribution in [2.24, 2.45) is 11.5 Å². The van der Waals surface area contributed by atoms with Gasteiger partial charge in [0.2, 0.25) is 0 Å². The molecule has 1 fully saturated rings. The Labute approximate surface area is 73.2 Å². The second kappa shape index (κ2) is 4.77. The first kappa shape index (κ1) is 9.92. The van der Waals surface area contributed by atoms with E-state index in [4.69, 9.17) is 20.9 Å². The maximum absolute atomic E-state index is 5.66. The lowest BCUT2D eigenvalue weighted by atomic mass is 9.94.